The van der Waals surface area contributed by atoms with E-state index in [0.29, 0.717) is 9.99 Å². The normalized spacial score (nSPS) is 15.1. The quantitative estimate of drug-likeness (QED) is 0.511. The van der Waals surface area contributed by atoms with E-state index in [1.807, 2.05) is 22.6 Å². The van der Waals surface area contributed by atoms with Gasteiger partial charge in [0.2, 0.25) is 6.10 Å². The summed E-state index contributed by atoms with van der Waals surface area (Å²) < 4.78 is 38.1. The largest absolute Gasteiger partial charge is 0.544 e. The van der Waals surface area contributed by atoms with Gasteiger partial charge in [-0.2, -0.15) is 8.78 Å². The number of carboxylic acids is 1. The average Bonchev–Trinajstić information content (AvgIpc) is 3.16. The van der Waals surface area contributed by atoms with E-state index in [-0.39, 0.29) is 11.3 Å². The lowest BCUT2D eigenvalue weighted by atomic mass is 9.90. The lowest BCUT2D eigenvalue weighted by Crippen LogP contribution is -2.47. The molecule has 27 heavy (non-hydrogen) atoms. The molecule has 0 saturated heterocycles. The van der Waals surface area contributed by atoms with Gasteiger partial charge in [0.1, 0.15) is 17.3 Å². The number of hydrogen-bond donors (Lipinski definition) is 1. The fraction of sp³-hybridized carbons (Fsp3) is 0.333. The van der Waals surface area contributed by atoms with Gasteiger partial charge in [-0.3, -0.25) is 0 Å². The summed E-state index contributed by atoms with van der Waals surface area (Å²) in [5, 5.41) is 21.2. The molecule has 2 aromatic rings. The molecule has 0 amide bonds. The molecular formula is C18H14F2IO6-. The van der Waals surface area contributed by atoms with Crippen LogP contribution < -0.4 is 5.11 Å². The van der Waals surface area contributed by atoms with Crippen LogP contribution in [0.15, 0.2) is 28.9 Å². The second-order valence-electron chi connectivity index (χ2n) is 6.14. The Morgan fingerprint density at radius 1 is 1.33 bits per heavy atom. The zero-order valence-electron chi connectivity index (χ0n) is 13.8. The topological polar surface area (TPSA) is 99.8 Å². The smallest absolute Gasteiger partial charge is 0.342 e. The lowest BCUT2D eigenvalue weighted by Gasteiger charge is -2.26. The van der Waals surface area contributed by atoms with Gasteiger partial charge < -0.3 is 24.2 Å². The highest BCUT2D eigenvalue weighted by Gasteiger charge is 2.47. The fourth-order valence-electron chi connectivity index (χ4n) is 3.03. The molecule has 0 spiro atoms. The van der Waals surface area contributed by atoms with Gasteiger partial charge in [-0.05, 0) is 77.6 Å². The van der Waals surface area contributed by atoms with Crippen molar-refractivity contribution in [3.05, 3.63) is 50.5 Å². The molecule has 1 atom stereocenters. The Morgan fingerprint density at radius 2 is 2.04 bits per heavy atom. The van der Waals surface area contributed by atoms with Gasteiger partial charge in [0.15, 0.2) is 5.76 Å². The van der Waals surface area contributed by atoms with E-state index in [9.17, 15) is 28.6 Å². The third-order valence-corrected chi connectivity index (χ3v) is 5.57. The van der Waals surface area contributed by atoms with Crippen LogP contribution in [0.4, 0.5) is 8.78 Å². The Bertz CT molecular complexity index is 878. The van der Waals surface area contributed by atoms with Crippen LogP contribution in [0.25, 0.3) is 0 Å². The third kappa shape index (κ3) is 3.64. The third-order valence-electron chi connectivity index (χ3n) is 4.40. The summed E-state index contributed by atoms with van der Waals surface area (Å²) in [5.74, 6) is -9.44. The van der Waals surface area contributed by atoms with E-state index < -0.39 is 29.7 Å². The monoisotopic (exact) mass is 491 g/mol. The summed E-state index contributed by atoms with van der Waals surface area (Å²) in [6.07, 6.45) is 1.79. The van der Waals surface area contributed by atoms with Gasteiger partial charge in [0.05, 0.1) is 9.83 Å². The summed E-state index contributed by atoms with van der Waals surface area (Å²) in [6.45, 7) is 0. The van der Waals surface area contributed by atoms with E-state index in [4.69, 9.17) is 9.15 Å². The van der Waals surface area contributed by atoms with Crippen molar-refractivity contribution in [2.75, 3.05) is 0 Å². The molecule has 0 aliphatic heterocycles. The van der Waals surface area contributed by atoms with Gasteiger partial charge in [-0.1, -0.05) is 0 Å². The number of phenols is 1. The Labute approximate surface area is 166 Å². The SMILES string of the molecule is O=C(OC(c1ccco1)C(F)(F)C(=O)[O-])c1cc2c(c(I)c1O)CCCC2. The molecule has 1 unspecified atom stereocenters. The molecular weight excluding hydrogens is 477 g/mol. The predicted octanol–water partition coefficient (Wildman–Crippen LogP) is 2.75. The van der Waals surface area contributed by atoms with Gasteiger partial charge in [0.25, 0.3) is 0 Å². The van der Waals surface area contributed by atoms with Crippen LogP contribution in [0.2, 0.25) is 0 Å². The molecule has 3 rings (SSSR count). The number of hydrogen-bond acceptors (Lipinski definition) is 6. The minimum absolute atomic E-state index is 0.300. The second-order valence-corrected chi connectivity index (χ2v) is 7.22. The van der Waals surface area contributed by atoms with Crippen molar-refractivity contribution in [3.8, 4) is 5.75 Å². The first-order valence-corrected chi connectivity index (χ1v) is 9.18. The zero-order chi connectivity index (χ0) is 19.8. The minimum atomic E-state index is -4.52. The molecule has 6 nitrogen and oxygen atoms in total. The Kier molecular flexibility index (Phi) is 5.41. The number of ether oxygens (including phenoxy) is 1. The number of aromatic hydroxyl groups is 1. The van der Waals surface area contributed by atoms with Gasteiger partial charge in [0, 0.05) is 0 Å². The van der Waals surface area contributed by atoms with Crippen molar-refractivity contribution in [2.24, 2.45) is 0 Å². The molecule has 1 N–H and O–H groups in total. The van der Waals surface area contributed by atoms with E-state index in [1.54, 1.807) is 0 Å². The van der Waals surface area contributed by atoms with Crippen LogP contribution >= 0.6 is 22.6 Å². The van der Waals surface area contributed by atoms with Gasteiger partial charge >= 0.3 is 11.9 Å². The minimum Gasteiger partial charge on any atom is -0.544 e. The van der Waals surface area contributed by atoms with E-state index in [0.717, 1.165) is 42.7 Å². The van der Waals surface area contributed by atoms with Crippen molar-refractivity contribution in [1.29, 1.82) is 0 Å². The Morgan fingerprint density at radius 3 is 2.67 bits per heavy atom. The molecule has 1 heterocycles. The van der Waals surface area contributed by atoms with Crippen molar-refractivity contribution < 1.29 is 37.7 Å². The molecule has 144 valence electrons. The van der Waals surface area contributed by atoms with Crippen LogP contribution in [-0.4, -0.2) is 23.0 Å². The molecule has 0 saturated carbocycles. The second kappa shape index (κ2) is 7.45. The van der Waals surface area contributed by atoms with Crippen molar-refractivity contribution >= 4 is 34.5 Å². The predicted molar refractivity (Wildman–Crippen MR) is 94.3 cm³/mol. The number of rotatable bonds is 5. The average molecular weight is 491 g/mol. The number of carbonyl (C=O) groups excluding carboxylic acids is 2. The highest BCUT2D eigenvalue weighted by Crippen LogP contribution is 2.38. The molecule has 1 aliphatic rings. The summed E-state index contributed by atoms with van der Waals surface area (Å²) >= 11 is 1.89. The molecule has 1 aromatic heterocycles. The molecule has 1 aromatic carbocycles. The molecule has 9 heteroatoms. The number of phenolic OH excluding ortho intramolecular Hbond substituents is 1. The maximum atomic E-state index is 14.0. The molecule has 0 bridgehead atoms. The number of furan rings is 1. The highest BCUT2D eigenvalue weighted by molar-refractivity contribution is 14.1. The fourth-order valence-corrected chi connectivity index (χ4v) is 3.93. The first-order valence-electron chi connectivity index (χ1n) is 8.10. The van der Waals surface area contributed by atoms with Crippen LogP contribution in [-0.2, 0) is 22.4 Å². The number of aryl methyl sites for hydroxylation is 1. The van der Waals surface area contributed by atoms with Crippen LogP contribution in [0.1, 0.15) is 46.2 Å². The number of benzene rings is 1. The number of carboxylic acid groups (broad SMARTS) is 1. The lowest BCUT2D eigenvalue weighted by molar-refractivity contribution is -0.336. The van der Waals surface area contributed by atoms with E-state index in [2.05, 4.69) is 0 Å². The summed E-state index contributed by atoms with van der Waals surface area (Å²) in [4.78, 5) is 23.3. The highest BCUT2D eigenvalue weighted by atomic mass is 127. The van der Waals surface area contributed by atoms with Gasteiger partial charge in [-0.25, -0.2) is 4.79 Å². The van der Waals surface area contributed by atoms with Crippen molar-refractivity contribution in [2.45, 2.75) is 37.7 Å². The van der Waals surface area contributed by atoms with Crippen LogP contribution in [0, 0.1) is 3.57 Å². The molecule has 0 fully saturated rings. The molecule has 0 radical (unpaired) electrons. The van der Waals surface area contributed by atoms with Crippen molar-refractivity contribution in [3.63, 3.8) is 0 Å². The van der Waals surface area contributed by atoms with E-state index in [1.165, 1.54) is 12.1 Å². The Hall–Kier alpha value is -2.17. The number of halogens is 3. The number of fused-ring (bicyclic) bond motifs is 1. The maximum absolute atomic E-state index is 14.0. The van der Waals surface area contributed by atoms with E-state index >= 15 is 0 Å². The van der Waals surface area contributed by atoms with Crippen molar-refractivity contribution in [1.82, 2.24) is 0 Å². The van der Waals surface area contributed by atoms with Gasteiger partial charge in [-0.15, -0.1) is 0 Å². The zero-order valence-corrected chi connectivity index (χ0v) is 16.0. The first kappa shape index (κ1) is 19.6. The standard InChI is InChI=1S/C18H15F2IO6/c19-18(20,17(24)25)15(12-6-3-7-26-12)27-16(23)11-8-9-4-1-2-5-10(9)13(21)14(11)22/h3,6-8,15,22H,1-2,4-5H2,(H,24,25)/p-1. The summed E-state index contributed by atoms with van der Waals surface area (Å²) in [5.41, 5.74) is 1.45. The first-order chi connectivity index (χ1) is 12.7. The summed E-state index contributed by atoms with van der Waals surface area (Å²) in [6, 6.07) is 3.72. The van der Waals surface area contributed by atoms with Crippen LogP contribution in [0.5, 0.6) is 5.75 Å². The maximum Gasteiger partial charge on any atom is 0.342 e. The number of aliphatic carboxylic acids is 1. The molecule has 1 aliphatic carbocycles. The Balaban J connectivity index is 1.97. The number of alkyl halides is 2. The summed E-state index contributed by atoms with van der Waals surface area (Å²) in [7, 11) is 0. The van der Waals surface area contributed by atoms with Crippen LogP contribution in [0.3, 0.4) is 0 Å². The number of esters is 1. The number of carbonyl (C=O) groups is 2.